The first-order valence-electron chi connectivity index (χ1n) is 6.59. The molecule has 4 nitrogen and oxygen atoms in total. The number of rotatable bonds is 4. The van der Waals surface area contributed by atoms with Crippen molar-refractivity contribution in [1.82, 2.24) is 10.2 Å². The van der Waals surface area contributed by atoms with E-state index in [0.29, 0.717) is 18.0 Å². The van der Waals surface area contributed by atoms with Gasteiger partial charge in [0.25, 0.3) is 5.91 Å². The average molecular weight is 260 g/mol. The van der Waals surface area contributed by atoms with Crippen LogP contribution < -0.4 is 5.32 Å². The van der Waals surface area contributed by atoms with Gasteiger partial charge in [0.1, 0.15) is 0 Å². The third-order valence-electron chi connectivity index (χ3n) is 3.67. The monoisotopic (exact) mass is 260 g/mol. The maximum absolute atomic E-state index is 12.0. The van der Waals surface area contributed by atoms with Crippen LogP contribution in [0, 0.1) is 11.8 Å². The summed E-state index contributed by atoms with van der Waals surface area (Å²) in [7, 11) is 3.44. The fourth-order valence-corrected chi connectivity index (χ4v) is 2.21. The SMILES string of the molecule is CNC(=O)c1ccc(CN(C)C(=O)C2CC2C)cc1. The number of carbonyl (C=O) groups is 2. The number of benzene rings is 1. The Morgan fingerprint density at radius 1 is 1.32 bits per heavy atom. The number of carbonyl (C=O) groups excluding carboxylic acids is 2. The van der Waals surface area contributed by atoms with Gasteiger partial charge in [-0.3, -0.25) is 9.59 Å². The van der Waals surface area contributed by atoms with Gasteiger partial charge >= 0.3 is 0 Å². The van der Waals surface area contributed by atoms with E-state index in [-0.39, 0.29) is 17.7 Å². The second-order valence-corrected chi connectivity index (χ2v) is 5.29. The van der Waals surface area contributed by atoms with Gasteiger partial charge in [-0.1, -0.05) is 19.1 Å². The maximum Gasteiger partial charge on any atom is 0.251 e. The minimum absolute atomic E-state index is 0.0946. The van der Waals surface area contributed by atoms with Crippen LogP contribution in [-0.4, -0.2) is 30.8 Å². The van der Waals surface area contributed by atoms with E-state index in [0.717, 1.165) is 12.0 Å². The molecule has 0 aromatic heterocycles. The number of amides is 2. The van der Waals surface area contributed by atoms with E-state index in [9.17, 15) is 9.59 Å². The highest BCUT2D eigenvalue weighted by atomic mass is 16.2. The molecule has 1 aromatic carbocycles. The predicted octanol–water partition coefficient (Wildman–Crippen LogP) is 1.66. The molecule has 1 aliphatic rings. The van der Waals surface area contributed by atoms with Crippen molar-refractivity contribution in [3.05, 3.63) is 35.4 Å². The topological polar surface area (TPSA) is 49.4 Å². The summed E-state index contributed by atoms with van der Waals surface area (Å²) >= 11 is 0. The quantitative estimate of drug-likeness (QED) is 0.895. The molecular formula is C15H20N2O2. The van der Waals surface area contributed by atoms with Crippen LogP contribution in [0.25, 0.3) is 0 Å². The van der Waals surface area contributed by atoms with Crippen molar-refractivity contribution in [2.24, 2.45) is 11.8 Å². The van der Waals surface area contributed by atoms with Gasteiger partial charge in [-0.05, 0) is 30.0 Å². The van der Waals surface area contributed by atoms with E-state index in [1.807, 2.05) is 19.2 Å². The Morgan fingerprint density at radius 2 is 1.89 bits per heavy atom. The fraction of sp³-hybridized carbons (Fsp3) is 0.467. The van der Waals surface area contributed by atoms with Gasteiger partial charge in [-0.15, -0.1) is 0 Å². The average Bonchev–Trinajstić information content (AvgIpc) is 3.14. The lowest BCUT2D eigenvalue weighted by Gasteiger charge is -2.17. The van der Waals surface area contributed by atoms with Crippen molar-refractivity contribution >= 4 is 11.8 Å². The molecule has 2 unspecified atom stereocenters. The first-order chi connectivity index (χ1) is 9.02. The minimum atomic E-state index is -0.0946. The standard InChI is InChI=1S/C15H20N2O2/c1-10-8-13(10)15(19)17(3)9-11-4-6-12(7-5-11)14(18)16-2/h4-7,10,13H,8-9H2,1-3H3,(H,16,18). The lowest BCUT2D eigenvalue weighted by molar-refractivity contribution is -0.132. The second kappa shape index (κ2) is 5.43. The Hall–Kier alpha value is -1.84. The van der Waals surface area contributed by atoms with E-state index in [2.05, 4.69) is 12.2 Å². The highest BCUT2D eigenvalue weighted by Gasteiger charge is 2.40. The molecule has 0 saturated heterocycles. The smallest absolute Gasteiger partial charge is 0.251 e. The van der Waals surface area contributed by atoms with Crippen molar-refractivity contribution in [2.45, 2.75) is 19.9 Å². The van der Waals surface area contributed by atoms with Gasteiger partial charge in [-0.2, -0.15) is 0 Å². The van der Waals surface area contributed by atoms with Crippen molar-refractivity contribution < 1.29 is 9.59 Å². The van der Waals surface area contributed by atoms with Crippen molar-refractivity contribution in [3.63, 3.8) is 0 Å². The summed E-state index contributed by atoms with van der Waals surface area (Å²) in [6.07, 6.45) is 1.01. The Balaban J connectivity index is 1.95. The predicted molar refractivity (Wildman–Crippen MR) is 73.6 cm³/mol. The summed E-state index contributed by atoms with van der Waals surface area (Å²) in [6, 6.07) is 7.35. The molecule has 0 heterocycles. The molecule has 4 heteroatoms. The molecule has 102 valence electrons. The summed E-state index contributed by atoms with van der Waals surface area (Å²) in [5, 5.41) is 2.58. The molecule has 2 rings (SSSR count). The van der Waals surface area contributed by atoms with Crippen LogP contribution in [0.2, 0.25) is 0 Å². The molecule has 2 amide bonds. The molecule has 0 spiro atoms. The number of hydrogen-bond donors (Lipinski definition) is 1. The number of hydrogen-bond acceptors (Lipinski definition) is 2. The first kappa shape index (κ1) is 13.6. The molecule has 0 radical (unpaired) electrons. The lowest BCUT2D eigenvalue weighted by Crippen LogP contribution is -2.28. The van der Waals surface area contributed by atoms with Gasteiger partial charge < -0.3 is 10.2 Å². The lowest BCUT2D eigenvalue weighted by atomic mass is 10.1. The van der Waals surface area contributed by atoms with Crippen LogP contribution >= 0.6 is 0 Å². The van der Waals surface area contributed by atoms with E-state index < -0.39 is 0 Å². The number of nitrogens with zero attached hydrogens (tertiary/aromatic N) is 1. The van der Waals surface area contributed by atoms with Gasteiger partial charge in [-0.25, -0.2) is 0 Å². The fourth-order valence-electron chi connectivity index (χ4n) is 2.21. The Morgan fingerprint density at radius 3 is 2.37 bits per heavy atom. The third kappa shape index (κ3) is 3.13. The summed E-state index contributed by atoms with van der Waals surface area (Å²) in [4.78, 5) is 25.2. The summed E-state index contributed by atoms with van der Waals surface area (Å²) in [5.74, 6) is 0.881. The number of nitrogens with one attached hydrogen (secondary N) is 1. The zero-order chi connectivity index (χ0) is 14.0. The molecule has 0 aliphatic heterocycles. The van der Waals surface area contributed by atoms with Crippen molar-refractivity contribution in [1.29, 1.82) is 0 Å². The van der Waals surface area contributed by atoms with Gasteiger partial charge in [0.15, 0.2) is 0 Å². The van der Waals surface area contributed by atoms with Gasteiger partial charge in [0, 0.05) is 32.1 Å². The second-order valence-electron chi connectivity index (χ2n) is 5.29. The van der Waals surface area contributed by atoms with Crippen LogP contribution in [-0.2, 0) is 11.3 Å². The van der Waals surface area contributed by atoms with Crippen LogP contribution in [0.3, 0.4) is 0 Å². The molecule has 1 aromatic rings. The molecule has 1 aliphatic carbocycles. The largest absolute Gasteiger partial charge is 0.355 e. The zero-order valence-electron chi connectivity index (χ0n) is 11.6. The van der Waals surface area contributed by atoms with E-state index >= 15 is 0 Å². The summed E-state index contributed by atoms with van der Waals surface area (Å²) in [5.41, 5.74) is 1.67. The Kier molecular flexibility index (Phi) is 3.88. The molecule has 1 fully saturated rings. The van der Waals surface area contributed by atoms with E-state index in [4.69, 9.17) is 0 Å². The first-order valence-corrected chi connectivity index (χ1v) is 6.59. The molecule has 19 heavy (non-hydrogen) atoms. The molecule has 1 N–H and O–H groups in total. The van der Waals surface area contributed by atoms with Crippen LogP contribution in [0.4, 0.5) is 0 Å². The Bertz CT molecular complexity index is 481. The van der Waals surface area contributed by atoms with Gasteiger partial charge in [0.2, 0.25) is 5.91 Å². The van der Waals surface area contributed by atoms with Crippen LogP contribution in [0.15, 0.2) is 24.3 Å². The van der Waals surface area contributed by atoms with Gasteiger partial charge in [0.05, 0.1) is 0 Å². The zero-order valence-corrected chi connectivity index (χ0v) is 11.6. The normalized spacial score (nSPS) is 20.8. The molecule has 2 atom stereocenters. The highest BCUT2D eigenvalue weighted by Crippen LogP contribution is 2.39. The highest BCUT2D eigenvalue weighted by molar-refractivity contribution is 5.93. The molecule has 0 bridgehead atoms. The summed E-state index contributed by atoms with van der Waals surface area (Å²) < 4.78 is 0. The minimum Gasteiger partial charge on any atom is -0.355 e. The van der Waals surface area contributed by atoms with Crippen molar-refractivity contribution in [2.75, 3.05) is 14.1 Å². The van der Waals surface area contributed by atoms with E-state index in [1.54, 1.807) is 24.1 Å². The van der Waals surface area contributed by atoms with E-state index in [1.165, 1.54) is 0 Å². The Labute approximate surface area is 113 Å². The third-order valence-corrected chi connectivity index (χ3v) is 3.67. The summed E-state index contributed by atoms with van der Waals surface area (Å²) in [6.45, 7) is 2.70. The van der Waals surface area contributed by atoms with Crippen LogP contribution in [0.1, 0.15) is 29.3 Å². The molecule has 1 saturated carbocycles. The van der Waals surface area contributed by atoms with Crippen molar-refractivity contribution in [3.8, 4) is 0 Å². The van der Waals surface area contributed by atoms with Crippen LogP contribution in [0.5, 0.6) is 0 Å². The maximum atomic E-state index is 12.0. The molecular weight excluding hydrogens is 240 g/mol.